The quantitative estimate of drug-likeness (QED) is 0.327. The smallest absolute Gasteiger partial charge is 0.748 e. The Hall–Kier alpha value is -0.0700. The van der Waals surface area contributed by atoms with Crippen molar-refractivity contribution in [3.63, 3.8) is 0 Å². The van der Waals surface area contributed by atoms with E-state index in [4.69, 9.17) is 5.73 Å². The van der Waals surface area contributed by atoms with Crippen LogP contribution in [0.25, 0.3) is 0 Å². The van der Waals surface area contributed by atoms with E-state index < -0.39 is 15.9 Å². The second-order valence-electron chi connectivity index (χ2n) is 2.44. The summed E-state index contributed by atoms with van der Waals surface area (Å²) in [5.41, 5.74) is 6.36. The molecule has 4 nitrogen and oxygen atoms in total. The molecule has 0 aliphatic heterocycles. The summed E-state index contributed by atoms with van der Waals surface area (Å²) in [6, 6.07) is 6.15. The minimum absolute atomic E-state index is 0. The molecule has 13 heavy (non-hydrogen) atoms. The molecule has 0 aliphatic rings. The number of hydrogen-bond acceptors (Lipinski definition) is 4. The predicted molar refractivity (Wildman–Crippen MR) is 44.3 cm³/mol. The second-order valence-corrected chi connectivity index (χ2v) is 3.85. The Bertz CT molecular complexity index is 360. The molecule has 0 saturated heterocycles. The maximum atomic E-state index is 10.3. The van der Waals surface area contributed by atoms with Crippen LogP contribution in [-0.4, -0.2) is 13.0 Å². The molecule has 1 rings (SSSR count). The van der Waals surface area contributed by atoms with E-state index in [0.29, 0.717) is 11.3 Å². The summed E-state index contributed by atoms with van der Waals surface area (Å²) >= 11 is 0. The summed E-state index contributed by atoms with van der Waals surface area (Å²) in [5.74, 6) is -0.479. The molecule has 0 saturated carbocycles. The van der Waals surface area contributed by atoms with Crippen LogP contribution in [0.2, 0.25) is 0 Å². The molecule has 0 bridgehead atoms. The van der Waals surface area contributed by atoms with Gasteiger partial charge in [-0.2, -0.15) is 0 Å². The fourth-order valence-electron chi connectivity index (χ4n) is 0.818. The van der Waals surface area contributed by atoms with Crippen molar-refractivity contribution in [2.75, 3.05) is 5.73 Å². The predicted octanol–water partition coefficient (Wildman–Crippen LogP) is -2.68. The summed E-state index contributed by atoms with van der Waals surface area (Å²) in [5, 5.41) is 0. The molecule has 0 radical (unpaired) electrons. The van der Waals surface area contributed by atoms with Crippen LogP contribution in [0.5, 0.6) is 0 Å². The number of nitrogen functional groups attached to an aromatic ring is 1. The largest absolute Gasteiger partial charge is 1.00 e. The maximum Gasteiger partial charge on any atom is 1.00 e. The molecule has 0 heterocycles. The van der Waals surface area contributed by atoms with Gasteiger partial charge in [-0.15, -0.1) is 0 Å². The molecule has 1 aromatic rings. The summed E-state index contributed by atoms with van der Waals surface area (Å²) in [6.45, 7) is 0. The summed E-state index contributed by atoms with van der Waals surface area (Å²) in [7, 11) is -4.18. The first-order valence-electron chi connectivity index (χ1n) is 3.25. The van der Waals surface area contributed by atoms with Gasteiger partial charge in [-0.1, -0.05) is 12.1 Å². The van der Waals surface area contributed by atoms with Crippen molar-refractivity contribution in [1.29, 1.82) is 0 Å². The van der Waals surface area contributed by atoms with Crippen LogP contribution in [0, 0.1) is 0 Å². The Labute approximate surface area is 99.2 Å². The average molecular weight is 209 g/mol. The zero-order valence-electron chi connectivity index (χ0n) is 7.23. The first-order valence-corrected chi connectivity index (χ1v) is 4.83. The van der Waals surface area contributed by atoms with E-state index in [1.807, 2.05) is 0 Å². The molecule has 0 fully saturated rings. The molecule has 66 valence electrons. The van der Waals surface area contributed by atoms with Gasteiger partial charge in [0.25, 0.3) is 0 Å². The molecular weight excluding hydrogens is 201 g/mol. The van der Waals surface area contributed by atoms with Crippen LogP contribution in [0.3, 0.4) is 0 Å². The molecule has 0 unspecified atom stereocenters. The summed E-state index contributed by atoms with van der Waals surface area (Å²) in [4.78, 5) is 0. The van der Waals surface area contributed by atoms with E-state index in [9.17, 15) is 13.0 Å². The molecule has 0 aliphatic carbocycles. The van der Waals surface area contributed by atoms with Gasteiger partial charge < -0.3 is 10.3 Å². The second kappa shape index (κ2) is 4.97. The first-order chi connectivity index (χ1) is 5.47. The van der Waals surface area contributed by atoms with Crippen molar-refractivity contribution in [2.45, 2.75) is 5.75 Å². The third kappa shape index (κ3) is 5.28. The maximum absolute atomic E-state index is 10.3. The van der Waals surface area contributed by atoms with Crippen LogP contribution >= 0.6 is 0 Å². The number of hydrogen-bond donors (Lipinski definition) is 1. The molecular formula is C7H8NNaO3S. The van der Waals surface area contributed by atoms with Gasteiger partial charge in [0.1, 0.15) is 0 Å². The van der Waals surface area contributed by atoms with Gasteiger partial charge in [0, 0.05) is 5.69 Å². The molecule has 6 heteroatoms. The van der Waals surface area contributed by atoms with E-state index >= 15 is 0 Å². The van der Waals surface area contributed by atoms with Crippen molar-refractivity contribution in [1.82, 2.24) is 0 Å². The minimum atomic E-state index is -4.18. The van der Waals surface area contributed by atoms with Crippen LogP contribution < -0.4 is 35.3 Å². The molecule has 0 atom stereocenters. The Balaban J connectivity index is 0.00000144. The molecule has 2 N–H and O–H groups in total. The van der Waals surface area contributed by atoms with Crippen LogP contribution in [0.15, 0.2) is 24.3 Å². The zero-order chi connectivity index (χ0) is 9.19. The van der Waals surface area contributed by atoms with E-state index in [1.165, 1.54) is 12.1 Å². The molecule has 0 amide bonds. The van der Waals surface area contributed by atoms with Crippen molar-refractivity contribution in [3.05, 3.63) is 29.8 Å². The standard InChI is InChI=1S/C7H9NO3S.Na/c8-7-3-1-6(2-4-7)5-12(9,10)11;/h1-4H,5,8H2,(H,9,10,11);/q;+1/p-1. The fourth-order valence-corrected chi connectivity index (χ4v) is 1.42. The molecule has 1 aromatic carbocycles. The molecule has 0 aromatic heterocycles. The summed E-state index contributed by atoms with van der Waals surface area (Å²) < 4.78 is 30.9. The van der Waals surface area contributed by atoms with Crippen LogP contribution in [0.4, 0.5) is 5.69 Å². The third-order valence-electron chi connectivity index (χ3n) is 1.32. The monoisotopic (exact) mass is 209 g/mol. The topological polar surface area (TPSA) is 83.2 Å². The zero-order valence-corrected chi connectivity index (χ0v) is 10.0. The van der Waals surface area contributed by atoms with Crippen LogP contribution in [-0.2, 0) is 15.9 Å². The van der Waals surface area contributed by atoms with E-state index in [2.05, 4.69) is 0 Å². The Kier molecular flexibility index (Phi) is 4.95. The van der Waals surface area contributed by atoms with Gasteiger partial charge in [0.2, 0.25) is 0 Å². The minimum Gasteiger partial charge on any atom is -0.748 e. The van der Waals surface area contributed by atoms with Crippen LogP contribution in [0.1, 0.15) is 5.56 Å². The Morgan fingerprint density at radius 2 is 1.69 bits per heavy atom. The normalized spacial score (nSPS) is 10.5. The van der Waals surface area contributed by atoms with Crippen molar-refractivity contribution >= 4 is 15.8 Å². The van der Waals surface area contributed by atoms with Gasteiger partial charge in [0.15, 0.2) is 0 Å². The Morgan fingerprint density at radius 1 is 1.23 bits per heavy atom. The third-order valence-corrected chi connectivity index (χ3v) is 2.01. The van der Waals surface area contributed by atoms with Gasteiger partial charge in [-0.3, -0.25) is 0 Å². The van der Waals surface area contributed by atoms with Gasteiger partial charge in [0.05, 0.1) is 15.9 Å². The number of rotatable bonds is 2. The van der Waals surface area contributed by atoms with Gasteiger partial charge in [-0.05, 0) is 17.7 Å². The number of nitrogens with two attached hydrogens (primary N) is 1. The number of benzene rings is 1. The fraction of sp³-hybridized carbons (Fsp3) is 0.143. The SMILES string of the molecule is Nc1ccc(CS(=O)(=O)[O-])cc1.[Na+]. The van der Waals surface area contributed by atoms with E-state index in [1.54, 1.807) is 12.1 Å². The molecule has 0 spiro atoms. The number of anilines is 1. The van der Waals surface area contributed by atoms with E-state index in [0.717, 1.165) is 0 Å². The van der Waals surface area contributed by atoms with E-state index in [-0.39, 0.29) is 29.6 Å². The van der Waals surface area contributed by atoms with Crippen molar-refractivity contribution in [3.8, 4) is 0 Å². The first kappa shape index (κ1) is 12.9. The summed E-state index contributed by atoms with van der Waals surface area (Å²) in [6.07, 6.45) is 0. The Morgan fingerprint density at radius 3 is 2.08 bits per heavy atom. The van der Waals surface area contributed by atoms with Gasteiger partial charge in [-0.25, -0.2) is 8.42 Å². The average Bonchev–Trinajstić information content (AvgIpc) is 1.91. The van der Waals surface area contributed by atoms with Crippen molar-refractivity contribution < 1.29 is 42.5 Å². The van der Waals surface area contributed by atoms with Gasteiger partial charge >= 0.3 is 29.6 Å². The van der Waals surface area contributed by atoms with Crippen molar-refractivity contribution in [2.24, 2.45) is 0 Å².